The van der Waals surface area contributed by atoms with Crippen molar-refractivity contribution < 1.29 is 9.59 Å². The lowest BCUT2D eigenvalue weighted by molar-refractivity contribution is -0.139. The summed E-state index contributed by atoms with van der Waals surface area (Å²) < 4.78 is 0. The van der Waals surface area contributed by atoms with E-state index < -0.39 is 17.4 Å². The van der Waals surface area contributed by atoms with E-state index in [1.807, 2.05) is 20.8 Å². The number of amidine groups is 1. The van der Waals surface area contributed by atoms with Gasteiger partial charge in [-0.2, -0.15) is 4.99 Å². The van der Waals surface area contributed by atoms with Crippen LogP contribution in [-0.2, 0) is 9.59 Å². The van der Waals surface area contributed by atoms with Crippen LogP contribution in [0.15, 0.2) is 4.99 Å². The Kier molecular flexibility index (Phi) is 2.94. The molecule has 0 fully saturated rings. The molecule has 0 saturated heterocycles. The third-order valence-electron chi connectivity index (χ3n) is 2.79. The summed E-state index contributed by atoms with van der Waals surface area (Å²) in [6, 6.07) is -0.462. The molecule has 0 aromatic rings. The molecule has 5 heteroatoms. The van der Waals surface area contributed by atoms with Crippen molar-refractivity contribution in [2.75, 3.05) is 0 Å². The van der Waals surface area contributed by atoms with Crippen molar-refractivity contribution in [2.45, 2.75) is 40.7 Å². The summed E-state index contributed by atoms with van der Waals surface area (Å²) in [6.07, 6.45) is 0. The minimum absolute atomic E-state index is 0.256. The van der Waals surface area contributed by atoms with Gasteiger partial charge in [0.25, 0.3) is 5.91 Å². The van der Waals surface area contributed by atoms with Crippen LogP contribution in [0.4, 0.5) is 0 Å². The van der Waals surface area contributed by atoms with Gasteiger partial charge in [0, 0.05) is 0 Å². The highest BCUT2D eigenvalue weighted by molar-refractivity contribution is 6.19. The first kappa shape index (κ1) is 12.8. The van der Waals surface area contributed by atoms with Gasteiger partial charge in [0.2, 0.25) is 5.91 Å². The quantitative estimate of drug-likeness (QED) is 0.635. The Bertz CT molecular complexity index is 364. The minimum Gasteiger partial charge on any atom is -0.321 e. The monoisotopic (exact) mass is 225 g/mol. The molecular formula is C11H19N3O2. The Labute approximate surface area is 95.5 Å². The number of amides is 2. The van der Waals surface area contributed by atoms with Gasteiger partial charge in [0.15, 0.2) is 0 Å². The number of nitrogens with one attached hydrogen (secondary N) is 1. The van der Waals surface area contributed by atoms with E-state index in [2.05, 4.69) is 10.3 Å². The van der Waals surface area contributed by atoms with E-state index in [-0.39, 0.29) is 17.2 Å². The molecule has 5 nitrogen and oxygen atoms in total. The number of carbonyl (C=O) groups is 2. The minimum atomic E-state index is -1.10. The van der Waals surface area contributed by atoms with Gasteiger partial charge >= 0.3 is 0 Å². The van der Waals surface area contributed by atoms with Crippen molar-refractivity contribution in [3.05, 3.63) is 0 Å². The van der Waals surface area contributed by atoms with E-state index in [0.717, 1.165) is 0 Å². The number of hydrogen-bond donors (Lipinski definition) is 2. The van der Waals surface area contributed by atoms with Crippen LogP contribution in [0.3, 0.4) is 0 Å². The van der Waals surface area contributed by atoms with Crippen LogP contribution in [0.5, 0.6) is 0 Å². The number of nitrogens with zero attached hydrogens (tertiary/aromatic N) is 1. The Morgan fingerprint density at radius 1 is 1.31 bits per heavy atom. The molecule has 0 aromatic heterocycles. The Morgan fingerprint density at radius 3 is 2.19 bits per heavy atom. The van der Waals surface area contributed by atoms with Crippen LogP contribution >= 0.6 is 0 Å². The topological polar surface area (TPSA) is 84.6 Å². The summed E-state index contributed by atoms with van der Waals surface area (Å²) in [5.41, 5.74) is 4.59. The SMILES string of the molecule is CC1(C)C(=O)N=C(C(N)C(C)(C)C)NC1=O. The zero-order valence-electron chi connectivity index (χ0n) is 10.4. The molecule has 3 N–H and O–H groups in total. The maximum Gasteiger partial charge on any atom is 0.262 e. The van der Waals surface area contributed by atoms with E-state index in [0.29, 0.717) is 0 Å². The summed E-state index contributed by atoms with van der Waals surface area (Å²) in [5, 5.41) is 2.61. The fourth-order valence-corrected chi connectivity index (χ4v) is 1.20. The highest BCUT2D eigenvalue weighted by atomic mass is 16.2. The van der Waals surface area contributed by atoms with Gasteiger partial charge in [-0.15, -0.1) is 0 Å². The van der Waals surface area contributed by atoms with E-state index in [9.17, 15) is 9.59 Å². The van der Waals surface area contributed by atoms with Crippen LogP contribution < -0.4 is 11.1 Å². The third-order valence-corrected chi connectivity index (χ3v) is 2.79. The van der Waals surface area contributed by atoms with Crippen molar-refractivity contribution >= 4 is 17.6 Å². The van der Waals surface area contributed by atoms with Crippen LogP contribution in [0.25, 0.3) is 0 Å². The molecular weight excluding hydrogens is 206 g/mol. The van der Waals surface area contributed by atoms with E-state index in [1.165, 1.54) is 0 Å². The molecule has 0 aromatic carbocycles. The smallest absolute Gasteiger partial charge is 0.262 e. The maximum absolute atomic E-state index is 11.7. The lowest BCUT2D eigenvalue weighted by Crippen LogP contribution is -2.57. The molecule has 0 bridgehead atoms. The number of nitrogens with two attached hydrogens (primary N) is 1. The highest BCUT2D eigenvalue weighted by Gasteiger charge is 2.42. The van der Waals surface area contributed by atoms with Gasteiger partial charge in [0.1, 0.15) is 11.3 Å². The standard InChI is InChI=1S/C11H19N3O2/c1-10(2,3)6(12)7-13-8(15)11(4,5)9(16)14-7/h6H,12H2,1-5H3,(H,13,14,15,16). The second kappa shape index (κ2) is 3.66. The molecule has 16 heavy (non-hydrogen) atoms. The molecule has 0 aliphatic carbocycles. The van der Waals surface area contributed by atoms with Crippen LogP contribution in [-0.4, -0.2) is 23.7 Å². The van der Waals surface area contributed by atoms with Crippen LogP contribution in [0, 0.1) is 10.8 Å². The van der Waals surface area contributed by atoms with Gasteiger partial charge in [-0.3, -0.25) is 9.59 Å². The van der Waals surface area contributed by atoms with Crippen molar-refractivity contribution in [3.8, 4) is 0 Å². The Hall–Kier alpha value is -1.23. The van der Waals surface area contributed by atoms with E-state index in [1.54, 1.807) is 13.8 Å². The van der Waals surface area contributed by atoms with Crippen LogP contribution in [0.1, 0.15) is 34.6 Å². The van der Waals surface area contributed by atoms with Gasteiger partial charge < -0.3 is 11.1 Å². The van der Waals surface area contributed by atoms with Gasteiger partial charge in [-0.1, -0.05) is 20.8 Å². The number of rotatable bonds is 1. The molecule has 0 saturated carbocycles. The first-order chi connectivity index (χ1) is 7.06. The molecule has 0 radical (unpaired) electrons. The lowest BCUT2D eigenvalue weighted by Gasteiger charge is -2.33. The molecule has 1 atom stereocenters. The number of aliphatic imine (C=N–C) groups is 1. The zero-order valence-corrected chi connectivity index (χ0v) is 10.4. The van der Waals surface area contributed by atoms with Crippen molar-refractivity contribution in [1.82, 2.24) is 5.32 Å². The van der Waals surface area contributed by atoms with Crippen molar-refractivity contribution in [2.24, 2.45) is 21.6 Å². The fraction of sp³-hybridized carbons (Fsp3) is 0.727. The first-order valence-corrected chi connectivity index (χ1v) is 5.27. The fourth-order valence-electron chi connectivity index (χ4n) is 1.20. The van der Waals surface area contributed by atoms with Gasteiger partial charge in [0.05, 0.1) is 6.04 Å². The predicted octanol–water partition coefficient (Wildman–Crippen LogP) is 0.441. The average molecular weight is 225 g/mol. The van der Waals surface area contributed by atoms with Gasteiger partial charge in [-0.25, -0.2) is 0 Å². The number of hydrogen-bond acceptors (Lipinski definition) is 3. The maximum atomic E-state index is 11.7. The van der Waals surface area contributed by atoms with E-state index in [4.69, 9.17) is 5.73 Å². The molecule has 2 amide bonds. The molecule has 1 aliphatic heterocycles. The normalized spacial score (nSPS) is 22.5. The zero-order chi connectivity index (χ0) is 12.7. The second-order valence-corrected chi connectivity index (χ2v) is 5.73. The highest BCUT2D eigenvalue weighted by Crippen LogP contribution is 2.24. The molecule has 0 spiro atoms. The van der Waals surface area contributed by atoms with Crippen LogP contribution in [0.2, 0.25) is 0 Å². The number of carbonyl (C=O) groups excluding carboxylic acids is 2. The molecule has 1 rings (SSSR count). The Morgan fingerprint density at radius 2 is 1.81 bits per heavy atom. The summed E-state index contributed by atoms with van der Waals surface area (Å²) in [6.45, 7) is 8.88. The summed E-state index contributed by atoms with van der Waals surface area (Å²) in [7, 11) is 0. The lowest BCUT2D eigenvalue weighted by atomic mass is 9.84. The molecule has 90 valence electrons. The first-order valence-electron chi connectivity index (χ1n) is 5.27. The third kappa shape index (κ3) is 2.14. The summed E-state index contributed by atoms with van der Waals surface area (Å²) >= 11 is 0. The Balaban J connectivity index is 3.04. The molecule has 1 unspecified atom stereocenters. The second-order valence-electron chi connectivity index (χ2n) is 5.73. The van der Waals surface area contributed by atoms with E-state index >= 15 is 0 Å². The molecule has 1 heterocycles. The summed E-state index contributed by atoms with van der Waals surface area (Å²) in [5.74, 6) is -0.519. The average Bonchev–Trinajstić information content (AvgIpc) is 2.11. The van der Waals surface area contributed by atoms with Crippen molar-refractivity contribution in [3.63, 3.8) is 0 Å². The molecule has 1 aliphatic rings. The summed E-state index contributed by atoms with van der Waals surface area (Å²) in [4.78, 5) is 27.2. The van der Waals surface area contributed by atoms with Gasteiger partial charge in [-0.05, 0) is 19.3 Å². The largest absolute Gasteiger partial charge is 0.321 e. The predicted molar refractivity (Wildman–Crippen MR) is 61.8 cm³/mol. The van der Waals surface area contributed by atoms with Crippen molar-refractivity contribution in [1.29, 1.82) is 0 Å².